The summed E-state index contributed by atoms with van der Waals surface area (Å²) < 4.78 is 51.4. The van der Waals surface area contributed by atoms with Crippen LogP contribution in [0.4, 0.5) is 16.0 Å². The second kappa shape index (κ2) is 8.16. The number of rotatable bonds is 5. The molecule has 1 aliphatic rings. The van der Waals surface area contributed by atoms with E-state index in [0.29, 0.717) is 31.9 Å². The molecule has 0 N–H and O–H groups in total. The lowest BCUT2D eigenvalue weighted by atomic mass is 10.2. The first-order chi connectivity index (χ1) is 15.5. The second-order valence-corrected chi connectivity index (χ2v) is 9.24. The maximum atomic E-state index is 13.4. The molecule has 32 heavy (non-hydrogen) atoms. The largest absolute Gasteiger partial charge is 0.459 e. The van der Waals surface area contributed by atoms with Crippen molar-refractivity contribution in [1.29, 1.82) is 0 Å². The molecule has 5 rings (SSSR count). The first-order valence-corrected chi connectivity index (χ1v) is 11.6. The van der Waals surface area contributed by atoms with Crippen molar-refractivity contribution in [3.8, 4) is 11.7 Å². The minimum Gasteiger partial charge on any atom is -0.459 e. The number of oxazole rings is 1. The Morgan fingerprint density at radius 1 is 0.844 bits per heavy atom. The lowest BCUT2D eigenvalue weighted by molar-refractivity contribution is 0.498. The molecular formula is C23H20FN3O4S. The van der Waals surface area contributed by atoms with Gasteiger partial charge in [-0.1, -0.05) is 18.2 Å². The third kappa shape index (κ3) is 3.75. The number of furan rings is 1. The Labute approximate surface area is 184 Å². The van der Waals surface area contributed by atoms with Crippen LogP contribution in [0.3, 0.4) is 0 Å². The van der Waals surface area contributed by atoms with Crippen LogP contribution in [-0.2, 0) is 9.84 Å². The zero-order valence-electron chi connectivity index (χ0n) is 17.0. The minimum absolute atomic E-state index is 0.0534. The Morgan fingerprint density at radius 2 is 1.53 bits per heavy atom. The molecule has 0 unspecified atom stereocenters. The molecule has 9 heteroatoms. The van der Waals surface area contributed by atoms with Gasteiger partial charge in [-0.2, -0.15) is 4.98 Å². The monoisotopic (exact) mass is 453 g/mol. The van der Waals surface area contributed by atoms with E-state index in [9.17, 15) is 12.8 Å². The molecule has 0 spiro atoms. The van der Waals surface area contributed by atoms with Gasteiger partial charge in [0.25, 0.3) is 5.89 Å². The van der Waals surface area contributed by atoms with E-state index >= 15 is 0 Å². The molecular weight excluding hydrogens is 433 g/mol. The SMILES string of the molecule is O=S(=O)(c1ccc(F)cc1)c1nc(-c2ccco2)oc1N1CCN(c2ccccc2)CC1. The number of hydrogen-bond acceptors (Lipinski definition) is 7. The predicted molar refractivity (Wildman–Crippen MR) is 117 cm³/mol. The molecule has 164 valence electrons. The Kier molecular flexibility index (Phi) is 5.18. The lowest BCUT2D eigenvalue weighted by Crippen LogP contribution is -2.46. The van der Waals surface area contributed by atoms with Gasteiger partial charge in [0.1, 0.15) is 5.82 Å². The van der Waals surface area contributed by atoms with Crippen molar-refractivity contribution in [1.82, 2.24) is 4.98 Å². The molecule has 4 aromatic rings. The molecule has 0 aliphatic carbocycles. The van der Waals surface area contributed by atoms with Gasteiger partial charge in [0, 0.05) is 31.9 Å². The zero-order chi connectivity index (χ0) is 22.1. The maximum absolute atomic E-state index is 13.4. The Balaban J connectivity index is 1.50. The molecule has 0 atom stereocenters. The van der Waals surface area contributed by atoms with Crippen molar-refractivity contribution in [3.05, 3.63) is 78.8 Å². The summed E-state index contributed by atoms with van der Waals surface area (Å²) in [4.78, 5) is 8.33. The van der Waals surface area contributed by atoms with E-state index in [4.69, 9.17) is 8.83 Å². The van der Waals surface area contributed by atoms with Crippen molar-refractivity contribution >= 4 is 21.4 Å². The van der Waals surface area contributed by atoms with Gasteiger partial charge >= 0.3 is 0 Å². The van der Waals surface area contributed by atoms with Crippen molar-refractivity contribution in [2.24, 2.45) is 0 Å². The summed E-state index contributed by atoms with van der Waals surface area (Å²) in [5.41, 5.74) is 1.11. The Bertz CT molecular complexity index is 1300. The van der Waals surface area contributed by atoms with Crippen LogP contribution in [-0.4, -0.2) is 39.6 Å². The van der Waals surface area contributed by atoms with Gasteiger partial charge in [-0.05, 0) is 48.5 Å². The highest BCUT2D eigenvalue weighted by atomic mass is 32.2. The average molecular weight is 453 g/mol. The lowest BCUT2D eigenvalue weighted by Gasteiger charge is -2.36. The van der Waals surface area contributed by atoms with Gasteiger partial charge in [0.15, 0.2) is 5.76 Å². The standard InChI is InChI=1S/C23H20FN3O4S/c24-17-8-10-19(11-9-17)32(28,29)22-23(31-21(25-22)20-7-4-16-30-20)27-14-12-26(13-15-27)18-5-2-1-3-6-18/h1-11,16H,12-15H2. The summed E-state index contributed by atoms with van der Waals surface area (Å²) >= 11 is 0. The molecule has 0 amide bonds. The quantitative estimate of drug-likeness (QED) is 0.418. The van der Waals surface area contributed by atoms with E-state index in [2.05, 4.69) is 9.88 Å². The van der Waals surface area contributed by atoms with Crippen LogP contribution < -0.4 is 9.80 Å². The first-order valence-electron chi connectivity index (χ1n) is 10.1. The van der Waals surface area contributed by atoms with E-state index < -0.39 is 15.7 Å². The van der Waals surface area contributed by atoms with Crippen LogP contribution in [0.1, 0.15) is 0 Å². The van der Waals surface area contributed by atoms with Crippen LogP contribution in [0, 0.1) is 5.82 Å². The van der Waals surface area contributed by atoms with Crippen LogP contribution in [0.5, 0.6) is 0 Å². The van der Waals surface area contributed by atoms with Gasteiger partial charge < -0.3 is 18.6 Å². The average Bonchev–Trinajstić information content (AvgIpc) is 3.51. The van der Waals surface area contributed by atoms with Crippen molar-refractivity contribution in [3.63, 3.8) is 0 Å². The predicted octanol–water partition coefficient (Wildman–Crippen LogP) is 4.23. The number of anilines is 2. The zero-order valence-corrected chi connectivity index (χ0v) is 17.8. The topological polar surface area (TPSA) is 79.8 Å². The fraction of sp³-hybridized carbons (Fsp3) is 0.174. The highest BCUT2D eigenvalue weighted by Crippen LogP contribution is 2.35. The highest BCUT2D eigenvalue weighted by Gasteiger charge is 2.33. The van der Waals surface area contributed by atoms with Gasteiger partial charge in [0.2, 0.25) is 20.7 Å². The molecule has 0 bridgehead atoms. The normalized spacial score (nSPS) is 14.7. The molecule has 0 saturated carbocycles. The van der Waals surface area contributed by atoms with Crippen LogP contribution in [0.15, 0.2) is 91.7 Å². The number of para-hydroxylation sites is 1. The van der Waals surface area contributed by atoms with E-state index in [1.54, 1.807) is 12.1 Å². The maximum Gasteiger partial charge on any atom is 0.266 e. The van der Waals surface area contributed by atoms with E-state index in [1.807, 2.05) is 35.2 Å². The van der Waals surface area contributed by atoms with Crippen LogP contribution in [0.2, 0.25) is 0 Å². The molecule has 3 heterocycles. The number of aromatic nitrogens is 1. The molecule has 0 radical (unpaired) electrons. The molecule has 2 aromatic carbocycles. The van der Waals surface area contributed by atoms with Crippen molar-refractivity contribution < 1.29 is 21.6 Å². The smallest absolute Gasteiger partial charge is 0.266 e. The van der Waals surface area contributed by atoms with Crippen LogP contribution >= 0.6 is 0 Å². The summed E-state index contributed by atoms with van der Waals surface area (Å²) in [6.45, 7) is 2.48. The number of sulfone groups is 1. The van der Waals surface area contributed by atoms with E-state index in [0.717, 1.165) is 17.8 Å². The minimum atomic E-state index is -4.04. The number of benzene rings is 2. The fourth-order valence-electron chi connectivity index (χ4n) is 3.71. The van der Waals surface area contributed by atoms with Gasteiger partial charge in [-0.25, -0.2) is 12.8 Å². The first kappa shape index (κ1) is 20.3. The Hall–Kier alpha value is -3.59. The third-order valence-electron chi connectivity index (χ3n) is 5.38. The number of halogens is 1. The summed E-state index contributed by atoms with van der Waals surface area (Å²) in [6, 6.07) is 18.0. The molecule has 7 nitrogen and oxygen atoms in total. The summed E-state index contributed by atoms with van der Waals surface area (Å²) in [7, 11) is -4.04. The molecule has 2 aromatic heterocycles. The second-order valence-electron chi connectivity index (χ2n) is 7.37. The molecule has 1 fully saturated rings. The van der Waals surface area contributed by atoms with E-state index in [1.165, 1.54) is 18.4 Å². The van der Waals surface area contributed by atoms with Gasteiger partial charge in [-0.15, -0.1) is 0 Å². The van der Waals surface area contributed by atoms with Crippen molar-refractivity contribution in [2.45, 2.75) is 9.92 Å². The van der Waals surface area contributed by atoms with Gasteiger partial charge in [-0.3, -0.25) is 0 Å². The highest BCUT2D eigenvalue weighted by molar-refractivity contribution is 7.91. The number of nitrogens with zero attached hydrogens (tertiary/aromatic N) is 3. The molecule has 1 saturated heterocycles. The van der Waals surface area contributed by atoms with E-state index in [-0.39, 0.29) is 21.7 Å². The summed E-state index contributed by atoms with van der Waals surface area (Å²) in [5, 5.41) is -0.205. The van der Waals surface area contributed by atoms with Gasteiger partial charge in [0.05, 0.1) is 11.2 Å². The number of hydrogen-bond donors (Lipinski definition) is 0. The third-order valence-corrected chi connectivity index (χ3v) is 7.05. The van der Waals surface area contributed by atoms with Crippen LogP contribution in [0.25, 0.3) is 11.7 Å². The summed E-state index contributed by atoms with van der Waals surface area (Å²) in [6.07, 6.45) is 1.46. The van der Waals surface area contributed by atoms with Crippen molar-refractivity contribution in [2.75, 3.05) is 36.0 Å². The summed E-state index contributed by atoms with van der Waals surface area (Å²) in [5.74, 6) is 0.0528. The Morgan fingerprint density at radius 3 is 2.19 bits per heavy atom. The number of piperazine rings is 1. The molecule has 1 aliphatic heterocycles. The fourth-order valence-corrected chi connectivity index (χ4v) is 5.03.